The first-order chi connectivity index (χ1) is 19.6. The summed E-state index contributed by atoms with van der Waals surface area (Å²) in [6, 6.07) is 9.77. The number of phosphoric acid groups is 1. The van der Waals surface area contributed by atoms with Crippen LogP contribution in [0.1, 0.15) is 40.0 Å². The summed E-state index contributed by atoms with van der Waals surface area (Å²) >= 11 is 1.40. The largest absolute Gasteiger partial charge is 0.472 e. The molecule has 3 aliphatic heterocycles. The number of hydrogen-bond donors (Lipinski definition) is 3. The second-order valence-electron chi connectivity index (χ2n) is 10.6. The number of thioether (sulfide) groups is 1. The number of carbonyl (C=O) groups is 1. The molecular formula is C27H24F2N3O7PS. The van der Waals surface area contributed by atoms with Gasteiger partial charge in [-0.05, 0) is 54.4 Å². The first-order valence-electron chi connectivity index (χ1n) is 13.0. The van der Waals surface area contributed by atoms with Crippen molar-refractivity contribution >= 4 is 25.5 Å². The average Bonchev–Trinajstić information content (AvgIpc) is 3.71. The molecule has 214 valence electrons. The number of halogens is 2. The van der Waals surface area contributed by atoms with Crippen molar-refractivity contribution in [2.24, 2.45) is 11.8 Å². The lowest BCUT2D eigenvalue weighted by Crippen LogP contribution is -2.57. The summed E-state index contributed by atoms with van der Waals surface area (Å²) in [5, 5.41) is 0. The van der Waals surface area contributed by atoms with Gasteiger partial charge in [-0.2, -0.15) is 0 Å². The van der Waals surface area contributed by atoms with Gasteiger partial charge < -0.3 is 24.8 Å². The van der Waals surface area contributed by atoms with Crippen molar-refractivity contribution in [1.82, 2.24) is 9.58 Å². The van der Waals surface area contributed by atoms with Gasteiger partial charge in [0.2, 0.25) is 18.0 Å². The Balaban J connectivity index is 1.42. The van der Waals surface area contributed by atoms with Crippen molar-refractivity contribution in [3.8, 4) is 17.0 Å². The highest BCUT2D eigenvalue weighted by atomic mass is 32.2. The van der Waals surface area contributed by atoms with Gasteiger partial charge in [0, 0.05) is 34.4 Å². The topological polar surface area (TPSA) is 130 Å². The van der Waals surface area contributed by atoms with Gasteiger partial charge in [0.05, 0.1) is 5.69 Å². The standard InChI is InChI=1S/C27H24F2N3O7PS/c28-19-8-17(16-6-13-3-1-2-4-22(13)41-11-18(16)24(19)29)20-9-21(33)26(38-12-39-40(35,36)37)25-27(34)31-10-15-5-14(15)7-23(31)30-32(20)25/h1-4,8-9,14-15,23,30H,5-7,10-12H2,(H2,35,36,37)/t14?,15?,23-/m0/s1. The molecule has 1 aliphatic carbocycles. The van der Waals surface area contributed by atoms with Crippen LogP contribution in [0.2, 0.25) is 0 Å². The Morgan fingerprint density at radius 3 is 2.71 bits per heavy atom. The van der Waals surface area contributed by atoms with E-state index in [0.717, 1.165) is 29.0 Å². The van der Waals surface area contributed by atoms with E-state index in [1.54, 1.807) is 4.90 Å². The van der Waals surface area contributed by atoms with Gasteiger partial charge in [0.1, 0.15) is 6.17 Å². The number of amides is 1. The molecule has 2 unspecified atom stereocenters. The molecule has 3 atom stereocenters. The quantitative estimate of drug-likeness (QED) is 0.295. The highest BCUT2D eigenvalue weighted by molar-refractivity contribution is 7.98. The number of benzene rings is 2. The molecule has 2 fully saturated rings. The number of rotatable bonds is 5. The molecule has 1 amide bonds. The number of piperidine rings is 1. The number of aromatic nitrogens is 1. The number of carbonyl (C=O) groups excluding carboxylic acids is 1. The first-order valence-corrected chi connectivity index (χ1v) is 15.5. The number of ether oxygens (including phenoxy) is 1. The van der Waals surface area contributed by atoms with Gasteiger partial charge in [0.25, 0.3) is 5.91 Å². The summed E-state index contributed by atoms with van der Waals surface area (Å²) in [6.45, 7) is -0.506. The van der Waals surface area contributed by atoms with Gasteiger partial charge in [-0.3, -0.25) is 9.59 Å². The Bertz CT molecular complexity index is 1730. The molecule has 3 aromatic rings. The van der Waals surface area contributed by atoms with Crippen LogP contribution in [-0.4, -0.2) is 44.8 Å². The van der Waals surface area contributed by atoms with E-state index in [2.05, 4.69) is 9.95 Å². The molecule has 1 saturated carbocycles. The zero-order chi connectivity index (χ0) is 28.6. The molecule has 0 bridgehead atoms. The van der Waals surface area contributed by atoms with Crippen LogP contribution in [0.4, 0.5) is 8.78 Å². The van der Waals surface area contributed by atoms with Crippen molar-refractivity contribution in [2.75, 3.05) is 18.8 Å². The minimum absolute atomic E-state index is 0.152. The molecule has 7 rings (SSSR count). The van der Waals surface area contributed by atoms with E-state index >= 15 is 8.78 Å². The maximum Gasteiger partial charge on any atom is 0.472 e. The number of nitrogens with one attached hydrogen (secondary N) is 1. The molecule has 14 heteroatoms. The smallest absolute Gasteiger partial charge is 0.460 e. The molecular weight excluding hydrogens is 579 g/mol. The van der Waals surface area contributed by atoms with E-state index in [-0.39, 0.29) is 34.7 Å². The van der Waals surface area contributed by atoms with E-state index in [0.29, 0.717) is 30.4 Å². The molecule has 10 nitrogen and oxygen atoms in total. The maximum atomic E-state index is 15.2. The van der Waals surface area contributed by atoms with Crippen LogP contribution in [0.5, 0.6) is 5.75 Å². The Kier molecular flexibility index (Phi) is 6.29. The molecule has 41 heavy (non-hydrogen) atoms. The predicted molar refractivity (Wildman–Crippen MR) is 144 cm³/mol. The van der Waals surface area contributed by atoms with Crippen LogP contribution < -0.4 is 15.6 Å². The molecule has 0 radical (unpaired) electrons. The van der Waals surface area contributed by atoms with Crippen LogP contribution in [0.3, 0.4) is 0 Å². The molecule has 3 N–H and O–H groups in total. The molecule has 4 heterocycles. The molecule has 0 spiro atoms. The average molecular weight is 604 g/mol. The summed E-state index contributed by atoms with van der Waals surface area (Å²) in [4.78, 5) is 48.0. The van der Waals surface area contributed by atoms with E-state index in [9.17, 15) is 14.2 Å². The van der Waals surface area contributed by atoms with Crippen LogP contribution in [-0.2, 0) is 21.3 Å². The molecule has 4 aliphatic rings. The van der Waals surface area contributed by atoms with Crippen molar-refractivity contribution in [3.05, 3.63) is 80.6 Å². The van der Waals surface area contributed by atoms with Gasteiger partial charge in [0.15, 0.2) is 17.3 Å². The Labute approximate surface area is 236 Å². The van der Waals surface area contributed by atoms with Gasteiger partial charge >= 0.3 is 7.82 Å². The minimum atomic E-state index is -4.92. The van der Waals surface area contributed by atoms with Crippen molar-refractivity contribution in [2.45, 2.75) is 36.1 Å². The highest BCUT2D eigenvalue weighted by Gasteiger charge is 2.50. The minimum Gasteiger partial charge on any atom is -0.460 e. The van der Waals surface area contributed by atoms with Crippen LogP contribution in [0, 0.1) is 23.5 Å². The summed E-state index contributed by atoms with van der Waals surface area (Å²) in [6.07, 6.45) is 1.53. The van der Waals surface area contributed by atoms with Crippen LogP contribution >= 0.6 is 19.6 Å². The van der Waals surface area contributed by atoms with Crippen molar-refractivity contribution in [1.29, 1.82) is 0 Å². The molecule has 2 aromatic carbocycles. The highest BCUT2D eigenvalue weighted by Crippen LogP contribution is 2.48. The van der Waals surface area contributed by atoms with Gasteiger partial charge in [-0.15, -0.1) is 11.8 Å². The second kappa shape index (κ2) is 9.67. The normalized spacial score (nSPS) is 22.4. The maximum absolute atomic E-state index is 15.2. The SMILES string of the molecule is O=C1c2c(OCOP(=O)(O)O)c(=O)cc(-c3cc(F)c(F)c4c3Cc3ccccc3SC4)n2N[C@@H]2CC3CC3CN12. The lowest BCUT2D eigenvalue weighted by molar-refractivity contribution is 0.0532. The van der Waals surface area contributed by atoms with Crippen LogP contribution in [0.25, 0.3) is 11.3 Å². The first kappa shape index (κ1) is 26.7. The lowest BCUT2D eigenvalue weighted by atomic mass is 9.92. The van der Waals surface area contributed by atoms with E-state index in [1.165, 1.54) is 16.4 Å². The number of phosphoric ester groups is 1. The Hall–Kier alpha value is -3.22. The summed E-state index contributed by atoms with van der Waals surface area (Å²) in [5.41, 5.74) is 4.30. The third-order valence-electron chi connectivity index (χ3n) is 8.16. The lowest BCUT2D eigenvalue weighted by Gasteiger charge is -2.42. The summed E-state index contributed by atoms with van der Waals surface area (Å²) in [7, 11) is -4.92. The van der Waals surface area contributed by atoms with E-state index in [4.69, 9.17) is 14.5 Å². The van der Waals surface area contributed by atoms with E-state index < -0.39 is 49.5 Å². The fourth-order valence-corrected chi connectivity index (χ4v) is 7.38. The zero-order valence-corrected chi connectivity index (χ0v) is 23.1. The molecule has 1 saturated heterocycles. The van der Waals surface area contributed by atoms with Crippen molar-refractivity contribution in [3.63, 3.8) is 0 Å². The molecule has 1 aromatic heterocycles. The predicted octanol–water partition coefficient (Wildman–Crippen LogP) is 3.80. The monoisotopic (exact) mass is 603 g/mol. The van der Waals surface area contributed by atoms with Crippen molar-refractivity contribution < 1.29 is 37.2 Å². The number of nitrogens with zero attached hydrogens (tertiary/aromatic N) is 2. The van der Waals surface area contributed by atoms with Gasteiger partial charge in [-0.1, -0.05) is 18.2 Å². The fraction of sp³-hybridized carbons (Fsp3) is 0.333. The summed E-state index contributed by atoms with van der Waals surface area (Å²) in [5.74, 6) is -2.02. The Morgan fingerprint density at radius 1 is 1.10 bits per heavy atom. The fourth-order valence-electron chi connectivity index (χ4n) is 6.09. The Morgan fingerprint density at radius 2 is 1.90 bits per heavy atom. The number of pyridine rings is 1. The second-order valence-corrected chi connectivity index (χ2v) is 12.9. The van der Waals surface area contributed by atoms with Gasteiger partial charge in [-0.25, -0.2) is 22.5 Å². The van der Waals surface area contributed by atoms with Crippen LogP contribution in [0.15, 0.2) is 46.1 Å². The zero-order valence-electron chi connectivity index (χ0n) is 21.4. The number of fused-ring (bicyclic) bond motifs is 5. The third kappa shape index (κ3) is 4.65. The third-order valence-corrected chi connectivity index (χ3v) is 9.75. The number of hydrogen-bond acceptors (Lipinski definition) is 7. The summed E-state index contributed by atoms with van der Waals surface area (Å²) < 4.78 is 52.6. The van der Waals surface area contributed by atoms with E-state index in [1.807, 2.05) is 24.3 Å².